The Morgan fingerprint density at radius 1 is 0.920 bits per heavy atom. The predicted molar refractivity (Wildman–Crippen MR) is 98.0 cm³/mol. The molecule has 0 bridgehead atoms. The molecule has 2 aromatic rings. The normalized spacial score (nSPS) is 13.6. The Balaban J connectivity index is 1.89. The van der Waals surface area contributed by atoms with Crippen molar-refractivity contribution in [1.29, 1.82) is 0 Å². The minimum atomic E-state index is -0.207. The number of aromatic hydroxyl groups is 2. The summed E-state index contributed by atoms with van der Waals surface area (Å²) in [6, 6.07) is 9.26. The molecule has 0 aliphatic carbocycles. The number of benzene rings is 2. The van der Waals surface area contributed by atoms with Gasteiger partial charge in [-0.25, -0.2) is 0 Å². The minimum Gasteiger partial charge on any atom is -0.508 e. The molecule has 0 unspecified atom stereocenters. The van der Waals surface area contributed by atoms with Gasteiger partial charge in [0.05, 0.1) is 5.56 Å². The highest BCUT2D eigenvalue weighted by Gasteiger charge is 2.27. The van der Waals surface area contributed by atoms with Crippen molar-refractivity contribution < 1.29 is 15.0 Å². The van der Waals surface area contributed by atoms with Gasteiger partial charge in [-0.05, 0) is 40.2 Å². The first kappa shape index (κ1) is 17.3. The Kier molecular flexibility index (Phi) is 4.46. The summed E-state index contributed by atoms with van der Waals surface area (Å²) in [5.74, 6) is 0.157. The van der Waals surface area contributed by atoms with Crippen LogP contribution in [0.1, 0.15) is 72.1 Å². The van der Waals surface area contributed by atoms with Gasteiger partial charge >= 0.3 is 0 Å². The molecule has 0 aromatic heterocycles. The van der Waals surface area contributed by atoms with Crippen molar-refractivity contribution in [3.63, 3.8) is 0 Å². The molecule has 0 fully saturated rings. The topological polar surface area (TPSA) is 60.8 Å². The largest absolute Gasteiger partial charge is 0.508 e. The molecular weight excluding hydrogens is 314 g/mol. The van der Waals surface area contributed by atoms with Crippen molar-refractivity contribution in [1.82, 2.24) is 4.90 Å². The number of nitrogens with zero attached hydrogens (tertiary/aromatic N) is 1. The van der Waals surface area contributed by atoms with Crippen LogP contribution < -0.4 is 0 Å². The smallest absolute Gasteiger partial charge is 0.258 e. The first-order valence-electron chi connectivity index (χ1n) is 8.74. The lowest BCUT2D eigenvalue weighted by Crippen LogP contribution is -2.25. The summed E-state index contributed by atoms with van der Waals surface area (Å²) in [5.41, 5.74) is 4.50. The molecule has 2 aromatic carbocycles. The Morgan fingerprint density at radius 3 is 2.24 bits per heavy atom. The Hall–Kier alpha value is -2.49. The van der Waals surface area contributed by atoms with Crippen LogP contribution in [0, 0.1) is 0 Å². The summed E-state index contributed by atoms with van der Waals surface area (Å²) in [4.78, 5) is 14.7. The maximum absolute atomic E-state index is 12.9. The molecule has 1 aliphatic heterocycles. The van der Waals surface area contributed by atoms with Gasteiger partial charge in [0.25, 0.3) is 5.91 Å². The van der Waals surface area contributed by atoms with Gasteiger partial charge in [-0.3, -0.25) is 4.79 Å². The van der Waals surface area contributed by atoms with Gasteiger partial charge in [0.1, 0.15) is 11.5 Å². The monoisotopic (exact) mass is 339 g/mol. The van der Waals surface area contributed by atoms with Gasteiger partial charge in [0, 0.05) is 19.2 Å². The molecule has 1 amide bonds. The lowest BCUT2D eigenvalue weighted by atomic mass is 9.98. The molecule has 3 rings (SSSR count). The predicted octanol–water partition coefficient (Wildman–Crippen LogP) is 4.50. The van der Waals surface area contributed by atoms with E-state index in [0.29, 0.717) is 24.6 Å². The van der Waals surface area contributed by atoms with E-state index in [1.54, 1.807) is 11.0 Å². The third kappa shape index (κ3) is 3.21. The van der Waals surface area contributed by atoms with E-state index in [4.69, 9.17) is 0 Å². The number of carbonyl (C=O) groups excluding carboxylic acids is 1. The number of fused-ring (bicyclic) bond motifs is 1. The zero-order chi connectivity index (χ0) is 18.3. The van der Waals surface area contributed by atoms with Crippen LogP contribution in [0.5, 0.6) is 11.5 Å². The lowest BCUT2D eigenvalue weighted by Gasteiger charge is -2.18. The molecule has 0 radical (unpaired) electrons. The molecule has 2 N–H and O–H groups in total. The van der Waals surface area contributed by atoms with E-state index in [1.807, 2.05) is 13.8 Å². The van der Waals surface area contributed by atoms with Gasteiger partial charge in [0.2, 0.25) is 0 Å². The molecule has 0 spiro atoms. The number of carbonyl (C=O) groups is 1. The molecule has 1 aliphatic rings. The maximum atomic E-state index is 12.9. The van der Waals surface area contributed by atoms with E-state index < -0.39 is 0 Å². The fourth-order valence-corrected chi connectivity index (χ4v) is 3.32. The lowest BCUT2D eigenvalue weighted by molar-refractivity contribution is 0.0748. The molecule has 25 heavy (non-hydrogen) atoms. The molecule has 1 heterocycles. The minimum absolute atomic E-state index is 0.0235. The van der Waals surface area contributed by atoms with Crippen molar-refractivity contribution in [3.05, 3.63) is 58.1 Å². The molecule has 0 saturated heterocycles. The van der Waals surface area contributed by atoms with Gasteiger partial charge < -0.3 is 15.1 Å². The van der Waals surface area contributed by atoms with E-state index in [0.717, 1.165) is 5.56 Å². The van der Waals surface area contributed by atoms with Crippen molar-refractivity contribution in [2.24, 2.45) is 0 Å². The van der Waals surface area contributed by atoms with Crippen molar-refractivity contribution >= 4 is 5.91 Å². The maximum Gasteiger partial charge on any atom is 0.258 e. The number of rotatable bonds is 3. The first-order chi connectivity index (χ1) is 11.8. The van der Waals surface area contributed by atoms with E-state index in [-0.39, 0.29) is 28.9 Å². The van der Waals surface area contributed by atoms with Crippen LogP contribution in [0.3, 0.4) is 0 Å². The van der Waals surface area contributed by atoms with Crippen LogP contribution in [0.2, 0.25) is 0 Å². The van der Waals surface area contributed by atoms with Crippen LogP contribution in [0.25, 0.3) is 0 Å². The van der Waals surface area contributed by atoms with Gasteiger partial charge in [-0.15, -0.1) is 0 Å². The summed E-state index contributed by atoms with van der Waals surface area (Å²) >= 11 is 0. The fraction of sp³-hybridized carbons (Fsp3) is 0.381. The average Bonchev–Trinajstić information content (AvgIpc) is 2.96. The molecule has 4 nitrogen and oxygen atoms in total. The fourth-order valence-electron chi connectivity index (χ4n) is 3.32. The summed E-state index contributed by atoms with van der Waals surface area (Å²) in [5, 5.41) is 20.1. The van der Waals surface area contributed by atoms with E-state index in [2.05, 4.69) is 32.0 Å². The molecule has 0 atom stereocenters. The van der Waals surface area contributed by atoms with Crippen molar-refractivity contribution in [2.45, 2.75) is 52.6 Å². The number of amides is 1. The van der Waals surface area contributed by atoms with Crippen molar-refractivity contribution in [3.8, 4) is 11.5 Å². The zero-order valence-corrected chi connectivity index (χ0v) is 15.2. The second kappa shape index (κ2) is 6.43. The highest BCUT2D eigenvalue weighted by atomic mass is 16.3. The number of phenolic OH excluding ortho intramolecular Hbond substituents is 2. The SMILES string of the molecule is CC(C)c1ccc2c(c1)CN(C(=O)c1cc(C(C)C)c(O)cc1O)C2. The highest BCUT2D eigenvalue weighted by Crippen LogP contribution is 2.34. The van der Waals surface area contributed by atoms with Gasteiger partial charge in [-0.1, -0.05) is 45.9 Å². The second-order valence-corrected chi connectivity index (χ2v) is 7.43. The summed E-state index contributed by atoms with van der Waals surface area (Å²) in [6.45, 7) is 9.29. The van der Waals surface area contributed by atoms with Crippen molar-refractivity contribution in [2.75, 3.05) is 0 Å². The molecular formula is C21H25NO3. The standard InChI is InChI=1S/C21H25NO3/c1-12(2)14-5-6-15-10-22(11-16(15)7-14)21(25)18-8-17(13(3)4)19(23)9-20(18)24/h5-9,12-13,23-24H,10-11H2,1-4H3. The number of phenols is 2. The molecule has 4 heteroatoms. The van der Waals surface area contributed by atoms with Crippen LogP contribution >= 0.6 is 0 Å². The number of hydrogen-bond donors (Lipinski definition) is 2. The van der Waals surface area contributed by atoms with E-state index in [9.17, 15) is 15.0 Å². The Morgan fingerprint density at radius 2 is 1.60 bits per heavy atom. The average molecular weight is 339 g/mol. The third-order valence-corrected chi connectivity index (χ3v) is 4.90. The van der Waals surface area contributed by atoms with Crippen LogP contribution in [-0.4, -0.2) is 21.0 Å². The quantitative estimate of drug-likeness (QED) is 0.865. The van der Waals surface area contributed by atoms with Crippen LogP contribution in [-0.2, 0) is 13.1 Å². The molecule has 0 saturated carbocycles. The first-order valence-corrected chi connectivity index (χ1v) is 8.74. The zero-order valence-electron chi connectivity index (χ0n) is 15.2. The Bertz CT molecular complexity index is 824. The second-order valence-electron chi connectivity index (χ2n) is 7.43. The Labute approximate surface area is 148 Å². The van der Waals surface area contributed by atoms with Gasteiger partial charge in [-0.2, -0.15) is 0 Å². The molecule has 132 valence electrons. The highest BCUT2D eigenvalue weighted by molar-refractivity contribution is 5.97. The third-order valence-electron chi connectivity index (χ3n) is 4.90. The van der Waals surface area contributed by atoms with E-state index >= 15 is 0 Å². The summed E-state index contributed by atoms with van der Waals surface area (Å²) < 4.78 is 0. The van der Waals surface area contributed by atoms with Crippen LogP contribution in [0.4, 0.5) is 0 Å². The summed E-state index contributed by atoms with van der Waals surface area (Å²) in [7, 11) is 0. The van der Waals surface area contributed by atoms with Crippen LogP contribution in [0.15, 0.2) is 30.3 Å². The van der Waals surface area contributed by atoms with Gasteiger partial charge in [0.15, 0.2) is 0 Å². The number of hydrogen-bond acceptors (Lipinski definition) is 3. The van der Waals surface area contributed by atoms with E-state index in [1.165, 1.54) is 17.2 Å². The summed E-state index contributed by atoms with van der Waals surface area (Å²) in [6.07, 6.45) is 0.